The summed E-state index contributed by atoms with van der Waals surface area (Å²) in [6, 6.07) is 6.12. The van der Waals surface area contributed by atoms with E-state index in [-0.39, 0.29) is 12.2 Å². The third-order valence-electron chi connectivity index (χ3n) is 3.26. The molecule has 0 saturated carbocycles. The van der Waals surface area contributed by atoms with Crippen LogP contribution in [0.25, 0.3) is 0 Å². The fourth-order valence-electron chi connectivity index (χ4n) is 2.44. The Morgan fingerprint density at radius 3 is 3.00 bits per heavy atom. The standard InChI is InChI=1S/C15H22BrNO2/c1-10(2)5-13(18)8-17-9-14-7-11-6-12(16)3-4-15(11)19-14/h3-4,6,10,13-14,17-18H,5,7-9H2,1-2H3. The van der Waals surface area contributed by atoms with Gasteiger partial charge in [0.05, 0.1) is 6.10 Å². The average molecular weight is 328 g/mol. The third kappa shape index (κ3) is 4.48. The number of hydrogen-bond acceptors (Lipinski definition) is 3. The van der Waals surface area contributed by atoms with Crippen LogP contribution in [0, 0.1) is 5.92 Å². The normalized spacial score (nSPS) is 19.3. The van der Waals surface area contributed by atoms with Crippen LogP contribution in [0.3, 0.4) is 0 Å². The molecule has 1 heterocycles. The van der Waals surface area contributed by atoms with Crippen molar-refractivity contribution in [1.82, 2.24) is 5.32 Å². The predicted octanol–water partition coefficient (Wildman–Crippen LogP) is 2.75. The summed E-state index contributed by atoms with van der Waals surface area (Å²) in [5.41, 5.74) is 1.25. The molecule has 0 aromatic heterocycles. The third-order valence-corrected chi connectivity index (χ3v) is 3.75. The Hall–Kier alpha value is -0.580. The molecular weight excluding hydrogens is 306 g/mol. The van der Waals surface area contributed by atoms with E-state index in [0.717, 1.165) is 29.6 Å². The Morgan fingerprint density at radius 1 is 1.47 bits per heavy atom. The maximum Gasteiger partial charge on any atom is 0.123 e. The lowest BCUT2D eigenvalue weighted by Gasteiger charge is -2.16. The Kier molecular flexibility index (Phi) is 5.25. The van der Waals surface area contributed by atoms with Crippen molar-refractivity contribution in [3.8, 4) is 5.75 Å². The zero-order valence-electron chi connectivity index (χ0n) is 11.5. The Labute approximate surface area is 123 Å². The monoisotopic (exact) mass is 327 g/mol. The van der Waals surface area contributed by atoms with Crippen molar-refractivity contribution in [2.75, 3.05) is 13.1 Å². The summed E-state index contributed by atoms with van der Waals surface area (Å²) in [4.78, 5) is 0. The minimum absolute atomic E-state index is 0.176. The first-order valence-corrected chi connectivity index (χ1v) is 7.67. The first-order valence-electron chi connectivity index (χ1n) is 6.88. The Morgan fingerprint density at radius 2 is 2.26 bits per heavy atom. The van der Waals surface area contributed by atoms with Crippen molar-refractivity contribution < 1.29 is 9.84 Å². The zero-order chi connectivity index (χ0) is 13.8. The van der Waals surface area contributed by atoms with Crippen molar-refractivity contribution in [2.24, 2.45) is 5.92 Å². The van der Waals surface area contributed by atoms with E-state index >= 15 is 0 Å². The molecule has 106 valence electrons. The van der Waals surface area contributed by atoms with Gasteiger partial charge in [0.25, 0.3) is 0 Å². The molecule has 1 aromatic carbocycles. The van der Waals surface area contributed by atoms with E-state index in [1.165, 1.54) is 5.56 Å². The molecule has 1 aliphatic heterocycles. The van der Waals surface area contributed by atoms with Gasteiger partial charge < -0.3 is 15.2 Å². The van der Waals surface area contributed by atoms with Crippen molar-refractivity contribution in [1.29, 1.82) is 0 Å². The molecular formula is C15H22BrNO2. The van der Waals surface area contributed by atoms with Gasteiger partial charge in [-0.2, -0.15) is 0 Å². The van der Waals surface area contributed by atoms with Gasteiger partial charge in [-0.3, -0.25) is 0 Å². The highest BCUT2D eigenvalue weighted by molar-refractivity contribution is 9.10. The smallest absolute Gasteiger partial charge is 0.123 e. The summed E-state index contributed by atoms with van der Waals surface area (Å²) in [6.45, 7) is 5.66. The highest BCUT2D eigenvalue weighted by Gasteiger charge is 2.22. The van der Waals surface area contributed by atoms with Crippen LogP contribution in [0.2, 0.25) is 0 Å². The van der Waals surface area contributed by atoms with Crippen molar-refractivity contribution in [3.05, 3.63) is 28.2 Å². The SMILES string of the molecule is CC(C)CC(O)CNCC1Cc2cc(Br)ccc2O1. The van der Waals surface area contributed by atoms with Crippen molar-refractivity contribution in [2.45, 2.75) is 38.9 Å². The van der Waals surface area contributed by atoms with E-state index in [0.29, 0.717) is 12.5 Å². The quantitative estimate of drug-likeness (QED) is 0.844. The molecule has 2 unspecified atom stereocenters. The average Bonchev–Trinajstić information content (AvgIpc) is 2.69. The van der Waals surface area contributed by atoms with Gasteiger partial charge in [0.15, 0.2) is 0 Å². The molecule has 0 spiro atoms. The van der Waals surface area contributed by atoms with Crippen LogP contribution in [-0.2, 0) is 6.42 Å². The van der Waals surface area contributed by atoms with Gasteiger partial charge in [0.2, 0.25) is 0 Å². The molecule has 2 N–H and O–H groups in total. The molecule has 4 heteroatoms. The van der Waals surface area contributed by atoms with E-state index in [4.69, 9.17) is 4.74 Å². The lowest BCUT2D eigenvalue weighted by molar-refractivity contribution is 0.140. The summed E-state index contributed by atoms with van der Waals surface area (Å²) in [7, 11) is 0. The van der Waals surface area contributed by atoms with Crippen LogP contribution in [0.4, 0.5) is 0 Å². The number of hydrogen-bond donors (Lipinski definition) is 2. The second-order valence-corrected chi connectivity index (χ2v) is 6.55. The Balaban J connectivity index is 1.72. The van der Waals surface area contributed by atoms with Gasteiger partial charge in [0, 0.05) is 24.0 Å². The molecule has 0 saturated heterocycles. The molecule has 1 aliphatic rings. The van der Waals surface area contributed by atoms with Crippen LogP contribution in [0.5, 0.6) is 5.75 Å². The van der Waals surface area contributed by atoms with E-state index < -0.39 is 0 Å². The predicted molar refractivity (Wildman–Crippen MR) is 80.6 cm³/mol. The van der Waals surface area contributed by atoms with Crippen molar-refractivity contribution >= 4 is 15.9 Å². The first kappa shape index (κ1) is 14.8. The van der Waals surface area contributed by atoms with Gasteiger partial charge in [-0.15, -0.1) is 0 Å². The number of halogens is 1. The molecule has 0 fully saturated rings. The summed E-state index contributed by atoms with van der Waals surface area (Å²) in [5.74, 6) is 1.51. The van der Waals surface area contributed by atoms with E-state index in [9.17, 15) is 5.11 Å². The van der Waals surface area contributed by atoms with E-state index in [1.54, 1.807) is 0 Å². The summed E-state index contributed by atoms with van der Waals surface area (Å²) >= 11 is 3.48. The number of aliphatic hydroxyl groups is 1. The fraction of sp³-hybridized carbons (Fsp3) is 0.600. The van der Waals surface area contributed by atoms with E-state index in [1.807, 2.05) is 12.1 Å². The number of benzene rings is 1. The number of rotatable bonds is 6. The number of aliphatic hydroxyl groups excluding tert-OH is 1. The van der Waals surface area contributed by atoms with Gasteiger partial charge in [0.1, 0.15) is 11.9 Å². The van der Waals surface area contributed by atoms with Crippen molar-refractivity contribution in [3.63, 3.8) is 0 Å². The van der Waals surface area contributed by atoms with Crippen LogP contribution in [-0.4, -0.2) is 30.4 Å². The minimum atomic E-state index is -0.266. The van der Waals surface area contributed by atoms with Gasteiger partial charge in [-0.25, -0.2) is 0 Å². The Bertz CT molecular complexity index is 423. The maximum atomic E-state index is 9.79. The minimum Gasteiger partial charge on any atom is -0.488 e. The zero-order valence-corrected chi connectivity index (χ0v) is 13.1. The summed E-state index contributed by atoms with van der Waals surface area (Å²) in [6.07, 6.45) is 1.68. The topological polar surface area (TPSA) is 41.5 Å². The lowest BCUT2D eigenvalue weighted by atomic mass is 10.1. The van der Waals surface area contributed by atoms with Crippen LogP contribution >= 0.6 is 15.9 Å². The highest BCUT2D eigenvalue weighted by atomic mass is 79.9. The molecule has 19 heavy (non-hydrogen) atoms. The maximum absolute atomic E-state index is 9.79. The largest absolute Gasteiger partial charge is 0.488 e. The van der Waals surface area contributed by atoms with Crippen LogP contribution < -0.4 is 10.1 Å². The van der Waals surface area contributed by atoms with E-state index in [2.05, 4.69) is 41.2 Å². The highest BCUT2D eigenvalue weighted by Crippen LogP contribution is 2.30. The molecule has 1 aromatic rings. The molecule has 0 amide bonds. The number of ether oxygens (including phenoxy) is 1. The molecule has 2 rings (SSSR count). The number of fused-ring (bicyclic) bond motifs is 1. The summed E-state index contributed by atoms with van der Waals surface area (Å²) in [5, 5.41) is 13.1. The molecule has 3 nitrogen and oxygen atoms in total. The fourth-order valence-corrected chi connectivity index (χ4v) is 2.85. The molecule has 0 bridgehead atoms. The first-order chi connectivity index (χ1) is 9.04. The van der Waals surface area contributed by atoms with Gasteiger partial charge >= 0.3 is 0 Å². The second kappa shape index (κ2) is 6.73. The van der Waals surface area contributed by atoms with Gasteiger partial charge in [-0.05, 0) is 36.1 Å². The molecule has 0 aliphatic carbocycles. The van der Waals surface area contributed by atoms with Crippen LogP contribution in [0.1, 0.15) is 25.8 Å². The number of nitrogens with one attached hydrogen (secondary N) is 1. The van der Waals surface area contributed by atoms with Crippen LogP contribution in [0.15, 0.2) is 22.7 Å². The van der Waals surface area contributed by atoms with Gasteiger partial charge in [-0.1, -0.05) is 29.8 Å². The molecule has 2 atom stereocenters. The summed E-state index contributed by atoms with van der Waals surface area (Å²) < 4.78 is 6.95. The second-order valence-electron chi connectivity index (χ2n) is 5.64. The molecule has 0 radical (unpaired) electrons. The lowest BCUT2D eigenvalue weighted by Crippen LogP contribution is -2.35.